The van der Waals surface area contributed by atoms with Gasteiger partial charge in [-0.25, -0.2) is 0 Å². The Balaban J connectivity index is 1.85. The van der Waals surface area contributed by atoms with Gasteiger partial charge >= 0.3 is 0 Å². The van der Waals surface area contributed by atoms with Gasteiger partial charge in [0.2, 0.25) is 0 Å². The molecule has 2 aliphatic rings. The minimum Gasteiger partial charge on any atom is -0.307 e. The van der Waals surface area contributed by atoms with E-state index in [1.54, 1.807) is 0 Å². The fourth-order valence-corrected chi connectivity index (χ4v) is 4.03. The zero-order chi connectivity index (χ0) is 14.1. The molecule has 20 heavy (non-hydrogen) atoms. The number of nitrogens with zero attached hydrogens (tertiary/aromatic N) is 1. The second-order valence-electron chi connectivity index (χ2n) is 6.83. The Labute approximate surface area is 123 Å². The van der Waals surface area contributed by atoms with Gasteiger partial charge < -0.3 is 5.32 Å². The topological polar surface area (TPSA) is 15.3 Å². The number of hydrogen-bond donors (Lipinski definition) is 1. The fraction of sp³-hybridized carbons (Fsp3) is 0.667. The van der Waals surface area contributed by atoms with Gasteiger partial charge in [-0.1, -0.05) is 37.3 Å². The van der Waals surface area contributed by atoms with Crippen LogP contribution in [-0.4, -0.2) is 30.1 Å². The van der Waals surface area contributed by atoms with E-state index < -0.39 is 0 Å². The summed E-state index contributed by atoms with van der Waals surface area (Å²) in [5.74, 6) is 0. The lowest BCUT2D eigenvalue weighted by Gasteiger charge is -2.52. The van der Waals surface area contributed by atoms with Crippen molar-refractivity contribution in [2.75, 3.05) is 19.6 Å². The van der Waals surface area contributed by atoms with Gasteiger partial charge in [0.15, 0.2) is 0 Å². The highest BCUT2D eigenvalue weighted by Crippen LogP contribution is 2.42. The minimum absolute atomic E-state index is 0.0928. The molecule has 0 radical (unpaired) electrons. The van der Waals surface area contributed by atoms with Gasteiger partial charge in [0, 0.05) is 12.1 Å². The van der Waals surface area contributed by atoms with Crippen molar-refractivity contribution in [3.8, 4) is 0 Å². The number of hydrogen-bond acceptors (Lipinski definition) is 2. The van der Waals surface area contributed by atoms with Crippen LogP contribution in [0.4, 0.5) is 0 Å². The molecule has 2 nitrogen and oxygen atoms in total. The summed E-state index contributed by atoms with van der Waals surface area (Å²) in [5.41, 5.74) is 2.02. The van der Waals surface area contributed by atoms with E-state index in [0.717, 1.165) is 13.1 Å². The molecule has 1 N–H and O–H groups in total. The van der Waals surface area contributed by atoms with E-state index in [1.165, 1.54) is 44.2 Å². The molecule has 0 spiro atoms. The smallest absolute Gasteiger partial charge is 0.0535 e. The molecule has 1 aromatic rings. The van der Waals surface area contributed by atoms with Crippen molar-refractivity contribution in [1.29, 1.82) is 0 Å². The van der Waals surface area contributed by atoms with E-state index in [2.05, 4.69) is 54.4 Å². The predicted octanol–water partition coefficient (Wildman–Crippen LogP) is 3.53. The highest BCUT2D eigenvalue weighted by molar-refractivity contribution is 5.25. The second-order valence-corrected chi connectivity index (χ2v) is 6.83. The Kier molecular flexibility index (Phi) is 3.87. The minimum atomic E-state index is 0.0928. The third kappa shape index (κ3) is 2.40. The summed E-state index contributed by atoms with van der Waals surface area (Å²) in [6, 6.07) is 11.0. The number of rotatable bonds is 3. The average Bonchev–Trinajstić information content (AvgIpc) is 2.63. The molecule has 1 heterocycles. The molecule has 1 aliphatic carbocycles. The molecule has 0 bridgehead atoms. The van der Waals surface area contributed by atoms with Crippen LogP contribution < -0.4 is 5.32 Å². The summed E-state index contributed by atoms with van der Waals surface area (Å²) in [6.45, 7) is 8.27. The Morgan fingerprint density at radius 3 is 2.50 bits per heavy atom. The average molecular weight is 272 g/mol. The van der Waals surface area contributed by atoms with E-state index >= 15 is 0 Å². The number of benzene rings is 1. The summed E-state index contributed by atoms with van der Waals surface area (Å²) < 4.78 is 0. The molecule has 1 aliphatic heterocycles. The molecule has 1 saturated carbocycles. The van der Waals surface area contributed by atoms with Crippen LogP contribution in [0.25, 0.3) is 0 Å². The second kappa shape index (κ2) is 5.50. The van der Waals surface area contributed by atoms with Crippen molar-refractivity contribution in [2.45, 2.75) is 57.0 Å². The maximum Gasteiger partial charge on any atom is 0.0535 e. The third-order valence-electron chi connectivity index (χ3n) is 5.65. The quantitative estimate of drug-likeness (QED) is 0.905. The van der Waals surface area contributed by atoms with Crippen molar-refractivity contribution in [3.05, 3.63) is 35.9 Å². The first-order valence-corrected chi connectivity index (χ1v) is 8.24. The largest absolute Gasteiger partial charge is 0.307 e. The zero-order valence-corrected chi connectivity index (χ0v) is 13.0. The third-order valence-corrected chi connectivity index (χ3v) is 5.65. The van der Waals surface area contributed by atoms with Crippen LogP contribution in [0.2, 0.25) is 0 Å². The molecule has 2 heteroatoms. The summed E-state index contributed by atoms with van der Waals surface area (Å²) in [5, 5.41) is 3.81. The van der Waals surface area contributed by atoms with Crippen LogP contribution in [0.1, 0.15) is 51.5 Å². The van der Waals surface area contributed by atoms with Gasteiger partial charge in [-0.15, -0.1) is 0 Å². The lowest BCUT2D eigenvalue weighted by atomic mass is 9.72. The van der Waals surface area contributed by atoms with Crippen molar-refractivity contribution < 1.29 is 0 Å². The van der Waals surface area contributed by atoms with Gasteiger partial charge in [-0.3, -0.25) is 4.90 Å². The van der Waals surface area contributed by atoms with Crippen LogP contribution in [0, 0.1) is 0 Å². The normalized spacial score (nSPS) is 30.5. The van der Waals surface area contributed by atoms with E-state index in [4.69, 9.17) is 0 Å². The van der Waals surface area contributed by atoms with Gasteiger partial charge in [0.05, 0.1) is 5.54 Å². The molecule has 1 aromatic carbocycles. The van der Waals surface area contributed by atoms with E-state index in [-0.39, 0.29) is 5.54 Å². The Hall–Kier alpha value is -0.860. The summed E-state index contributed by atoms with van der Waals surface area (Å²) in [7, 11) is 0. The van der Waals surface area contributed by atoms with Crippen molar-refractivity contribution in [2.24, 2.45) is 0 Å². The highest BCUT2D eigenvalue weighted by Gasteiger charge is 2.44. The van der Waals surface area contributed by atoms with E-state index in [0.29, 0.717) is 5.54 Å². The van der Waals surface area contributed by atoms with Gasteiger partial charge in [0.25, 0.3) is 0 Å². The van der Waals surface area contributed by atoms with Crippen molar-refractivity contribution in [1.82, 2.24) is 10.2 Å². The van der Waals surface area contributed by atoms with Gasteiger partial charge in [-0.05, 0) is 57.7 Å². The summed E-state index contributed by atoms with van der Waals surface area (Å²) in [4.78, 5) is 2.80. The molecule has 0 aromatic heterocycles. The molecular weight excluding hydrogens is 244 g/mol. The molecule has 3 rings (SSSR count). The fourth-order valence-electron chi connectivity index (χ4n) is 4.03. The van der Waals surface area contributed by atoms with Crippen molar-refractivity contribution >= 4 is 0 Å². The summed E-state index contributed by atoms with van der Waals surface area (Å²) >= 11 is 0. The Morgan fingerprint density at radius 1 is 1.15 bits per heavy atom. The van der Waals surface area contributed by atoms with Crippen LogP contribution in [0.5, 0.6) is 0 Å². The molecule has 0 amide bonds. The Bertz CT molecular complexity index is 432. The first-order valence-electron chi connectivity index (χ1n) is 8.24. The highest BCUT2D eigenvalue weighted by atomic mass is 15.2. The van der Waals surface area contributed by atoms with Gasteiger partial charge in [0.1, 0.15) is 0 Å². The molecule has 2 fully saturated rings. The molecule has 1 saturated heterocycles. The predicted molar refractivity (Wildman–Crippen MR) is 84.9 cm³/mol. The van der Waals surface area contributed by atoms with E-state index in [1.807, 2.05) is 0 Å². The molecule has 110 valence electrons. The van der Waals surface area contributed by atoms with Gasteiger partial charge in [-0.2, -0.15) is 0 Å². The monoisotopic (exact) mass is 272 g/mol. The van der Waals surface area contributed by atoms with Crippen molar-refractivity contribution in [3.63, 3.8) is 0 Å². The van der Waals surface area contributed by atoms with Crippen LogP contribution in [-0.2, 0) is 5.54 Å². The number of nitrogens with one attached hydrogen (secondary N) is 1. The van der Waals surface area contributed by atoms with Crippen LogP contribution >= 0.6 is 0 Å². The maximum absolute atomic E-state index is 3.81. The molecule has 1 unspecified atom stereocenters. The molecule has 1 atom stereocenters. The SMILES string of the molecule is CCC1(N2CCCNC(C)(c3ccccc3)C2)CCC1. The lowest BCUT2D eigenvalue weighted by Crippen LogP contribution is -2.58. The molecular formula is C18H28N2. The standard InChI is InChI=1S/C18H28N2/c1-3-18(11-7-12-18)20-14-8-13-19-17(2,15-20)16-9-5-4-6-10-16/h4-6,9-10,19H,3,7-8,11-15H2,1-2H3. The zero-order valence-electron chi connectivity index (χ0n) is 13.0. The first-order chi connectivity index (χ1) is 9.69. The lowest BCUT2D eigenvalue weighted by molar-refractivity contribution is 0.000907. The maximum atomic E-state index is 3.81. The Morgan fingerprint density at radius 2 is 1.90 bits per heavy atom. The van der Waals surface area contributed by atoms with E-state index in [9.17, 15) is 0 Å². The van der Waals surface area contributed by atoms with Crippen LogP contribution in [0.15, 0.2) is 30.3 Å². The van der Waals surface area contributed by atoms with Crippen LogP contribution in [0.3, 0.4) is 0 Å². The summed E-state index contributed by atoms with van der Waals surface area (Å²) in [6.07, 6.45) is 6.78. The first kappa shape index (κ1) is 14.1.